The highest BCUT2D eigenvalue weighted by Crippen LogP contribution is 2.17. The zero-order valence-electron chi connectivity index (χ0n) is 9.97. The van der Waals surface area contributed by atoms with Crippen LogP contribution in [0.5, 0.6) is 0 Å². The molecule has 0 aromatic carbocycles. The number of hydrazine groups is 1. The van der Waals surface area contributed by atoms with E-state index in [1.165, 1.54) is 0 Å². The molecule has 1 aromatic heterocycles. The summed E-state index contributed by atoms with van der Waals surface area (Å²) in [5.74, 6) is 6.45. The number of anilines is 1. The molecule has 0 amide bonds. The largest absolute Gasteiger partial charge is 0.396 e. The lowest BCUT2D eigenvalue weighted by Gasteiger charge is -2.31. The van der Waals surface area contributed by atoms with Crippen LogP contribution in [0.2, 0.25) is 0 Å². The molecule has 5 heteroatoms. The highest BCUT2D eigenvalue weighted by molar-refractivity contribution is 5.33. The molecule has 0 aliphatic carbocycles. The Kier molecular flexibility index (Phi) is 4.30. The van der Waals surface area contributed by atoms with Crippen molar-refractivity contribution < 1.29 is 5.11 Å². The molecule has 0 saturated carbocycles. The van der Waals surface area contributed by atoms with Crippen LogP contribution < -0.4 is 11.3 Å². The van der Waals surface area contributed by atoms with Gasteiger partial charge >= 0.3 is 0 Å². The van der Waals surface area contributed by atoms with E-state index in [1.807, 2.05) is 18.2 Å². The first-order valence-electron chi connectivity index (χ1n) is 6.07. The van der Waals surface area contributed by atoms with Crippen LogP contribution in [0.1, 0.15) is 18.5 Å². The molecule has 1 fully saturated rings. The van der Waals surface area contributed by atoms with Gasteiger partial charge in [-0.2, -0.15) is 0 Å². The van der Waals surface area contributed by atoms with Crippen LogP contribution in [0.3, 0.4) is 0 Å². The molecule has 0 radical (unpaired) electrons. The monoisotopic (exact) mass is 236 g/mol. The minimum absolute atomic E-state index is 0.286. The Bertz CT molecular complexity index is 358. The van der Waals surface area contributed by atoms with Gasteiger partial charge in [0, 0.05) is 19.7 Å². The van der Waals surface area contributed by atoms with Gasteiger partial charge in [0.15, 0.2) is 0 Å². The fourth-order valence-electron chi connectivity index (χ4n) is 2.32. The third kappa shape index (κ3) is 3.39. The molecule has 94 valence electrons. The van der Waals surface area contributed by atoms with Gasteiger partial charge in [-0.3, -0.25) is 4.90 Å². The second kappa shape index (κ2) is 5.95. The normalized spacial score (nSPS) is 21.4. The van der Waals surface area contributed by atoms with Gasteiger partial charge in [-0.1, -0.05) is 6.07 Å². The first-order chi connectivity index (χ1) is 8.31. The van der Waals surface area contributed by atoms with Gasteiger partial charge in [0.1, 0.15) is 5.82 Å². The van der Waals surface area contributed by atoms with Crippen LogP contribution in [0.25, 0.3) is 0 Å². The van der Waals surface area contributed by atoms with Gasteiger partial charge in [-0.05, 0) is 37.4 Å². The first-order valence-corrected chi connectivity index (χ1v) is 6.07. The van der Waals surface area contributed by atoms with Gasteiger partial charge in [0.25, 0.3) is 0 Å². The van der Waals surface area contributed by atoms with Crippen LogP contribution in [-0.2, 0) is 6.54 Å². The predicted octanol–water partition coefficient (Wildman–Crippen LogP) is 0.571. The molecule has 17 heavy (non-hydrogen) atoms. The minimum Gasteiger partial charge on any atom is -0.396 e. The van der Waals surface area contributed by atoms with E-state index in [9.17, 15) is 5.11 Å². The third-order valence-electron chi connectivity index (χ3n) is 3.20. The smallest absolute Gasteiger partial charge is 0.140 e. The molecular weight excluding hydrogens is 216 g/mol. The van der Waals surface area contributed by atoms with E-state index in [0.717, 1.165) is 38.2 Å². The fraction of sp³-hybridized carbons (Fsp3) is 0.583. The van der Waals surface area contributed by atoms with Crippen LogP contribution >= 0.6 is 0 Å². The van der Waals surface area contributed by atoms with Crippen LogP contribution in [-0.4, -0.2) is 34.7 Å². The molecule has 1 aromatic rings. The highest BCUT2D eigenvalue weighted by atomic mass is 16.3. The van der Waals surface area contributed by atoms with E-state index in [0.29, 0.717) is 11.7 Å². The molecule has 5 nitrogen and oxygen atoms in total. The number of pyridine rings is 1. The van der Waals surface area contributed by atoms with Crippen molar-refractivity contribution in [3.63, 3.8) is 0 Å². The summed E-state index contributed by atoms with van der Waals surface area (Å²) < 4.78 is 0. The molecule has 4 N–H and O–H groups in total. The Labute approximate surface area is 102 Å². The average Bonchev–Trinajstić information content (AvgIpc) is 2.39. The van der Waals surface area contributed by atoms with Crippen LogP contribution in [0, 0.1) is 5.92 Å². The van der Waals surface area contributed by atoms with E-state index in [4.69, 9.17) is 5.84 Å². The second-order valence-corrected chi connectivity index (χ2v) is 4.58. The van der Waals surface area contributed by atoms with Crippen molar-refractivity contribution in [3.8, 4) is 0 Å². The first kappa shape index (κ1) is 12.3. The van der Waals surface area contributed by atoms with E-state index in [2.05, 4.69) is 15.3 Å². The van der Waals surface area contributed by atoms with Gasteiger partial charge < -0.3 is 10.5 Å². The molecule has 1 aliphatic rings. The van der Waals surface area contributed by atoms with Gasteiger partial charge in [-0.25, -0.2) is 10.8 Å². The SMILES string of the molecule is NNc1cccc(CN2CCCC(CO)C2)n1. The summed E-state index contributed by atoms with van der Waals surface area (Å²) in [6, 6.07) is 5.80. The Morgan fingerprint density at radius 2 is 2.41 bits per heavy atom. The number of aliphatic hydroxyl groups is 1. The lowest BCUT2D eigenvalue weighted by molar-refractivity contribution is 0.115. The molecule has 1 aliphatic heterocycles. The number of nitrogens with two attached hydrogens (primary N) is 1. The van der Waals surface area contributed by atoms with Crippen molar-refractivity contribution in [3.05, 3.63) is 23.9 Å². The summed E-state index contributed by atoms with van der Waals surface area (Å²) in [5, 5.41) is 9.19. The number of aliphatic hydroxyl groups excluding tert-OH is 1. The molecule has 1 atom stereocenters. The van der Waals surface area contributed by atoms with Gasteiger partial charge in [0.2, 0.25) is 0 Å². The van der Waals surface area contributed by atoms with Crippen molar-refractivity contribution in [1.29, 1.82) is 0 Å². The molecule has 1 saturated heterocycles. The van der Waals surface area contributed by atoms with E-state index < -0.39 is 0 Å². The molecule has 2 rings (SSSR count). The summed E-state index contributed by atoms with van der Waals surface area (Å²) in [6.45, 7) is 3.15. The summed E-state index contributed by atoms with van der Waals surface area (Å²) in [4.78, 5) is 6.74. The van der Waals surface area contributed by atoms with Crippen molar-refractivity contribution in [1.82, 2.24) is 9.88 Å². The van der Waals surface area contributed by atoms with Crippen molar-refractivity contribution >= 4 is 5.82 Å². The number of piperidine rings is 1. The van der Waals surface area contributed by atoms with E-state index >= 15 is 0 Å². The maximum absolute atomic E-state index is 9.19. The molecule has 1 unspecified atom stereocenters. The highest BCUT2D eigenvalue weighted by Gasteiger charge is 2.19. The summed E-state index contributed by atoms with van der Waals surface area (Å²) in [7, 11) is 0. The predicted molar refractivity (Wildman–Crippen MR) is 67.1 cm³/mol. The number of hydrogen-bond donors (Lipinski definition) is 3. The van der Waals surface area contributed by atoms with Crippen molar-refractivity contribution in [2.45, 2.75) is 19.4 Å². The number of nitrogens with zero attached hydrogens (tertiary/aromatic N) is 2. The Morgan fingerprint density at radius 3 is 3.18 bits per heavy atom. The topological polar surface area (TPSA) is 74.4 Å². The number of nitrogens with one attached hydrogen (secondary N) is 1. The van der Waals surface area contributed by atoms with E-state index in [1.54, 1.807) is 0 Å². The number of aromatic nitrogens is 1. The lowest BCUT2D eigenvalue weighted by atomic mass is 9.99. The van der Waals surface area contributed by atoms with Crippen molar-refractivity contribution in [2.24, 2.45) is 11.8 Å². The average molecular weight is 236 g/mol. The number of hydrogen-bond acceptors (Lipinski definition) is 5. The minimum atomic E-state index is 0.286. The number of rotatable bonds is 4. The van der Waals surface area contributed by atoms with Crippen molar-refractivity contribution in [2.75, 3.05) is 25.1 Å². The fourth-order valence-corrected chi connectivity index (χ4v) is 2.32. The Hall–Kier alpha value is -1.17. The Morgan fingerprint density at radius 1 is 1.53 bits per heavy atom. The lowest BCUT2D eigenvalue weighted by Crippen LogP contribution is -2.36. The quantitative estimate of drug-likeness (QED) is 0.526. The molecule has 0 bridgehead atoms. The van der Waals surface area contributed by atoms with Crippen LogP contribution in [0.4, 0.5) is 5.82 Å². The Balaban J connectivity index is 1.95. The zero-order chi connectivity index (χ0) is 12.1. The third-order valence-corrected chi connectivity index (χ3v) is 3.20. The number of likely N-dealkylation sites (tertiary alicyclic amines) is 1. The maximum Gasteiger partial charge on any atom is 0.140 e. The second-order valence-electron chi connectivity index (χ2n) is 4.58. The summed E-state index contributed by atoms with van der Waals surface area (Å²) >= 11 is 0. The van der Waals surface area contributed by atoms with Gasteiger partial charge in [0.05, 0.1) is 5.69 Å². The summed E-state index contributed by atoms with van der Waals surface area (Å²) in [6.07, 6.45) is 2.28. The molecule has 2 heterocycles. The maximum atomic E-state index is 9.19. The molecule has 0 spiro atoms. The zero-order valence-corrected chi connectivity index (χ0v) is 9.97. The van der Waals surface area contributed by atoms with Gasteiger partial charge in [-0.15, -0.1) is 0 Å². The summed E-state index contributed by atoms with van der Waals surface area (Å²) in [5.41, 5.74) is 3.57. The van der Waals surface area contributed by atoms with E-state index in [-0.39, 0.29) is 6.61 Å². The van der Waals surface area contributed by atoms with Crippen LogP contribution in [0.15, 0.2) is 18.2 Å². The standard InChI is InChI=1S/C12H20N4O/c13-15-12-5-1-4-11(14-12)8-16-6-2-3-10(7-16)9-17/h1,4-5,10,17H,2-3,6-9,13H2,(H,14,15). The molecular formula is C12H20N4O. The number of nitrogen functional groups attached to an aromatic ring is 1.